The van der Waals surface area contributed by atoms with Crippen LogP contribution in [0.15, 0.2) is 64.2 Å². The van der Waals surface area contributed by atoms with Gasteiger partial charge in [0.2, 0.25) is 5.76 Å². The molecule has 0 atom stereocenters. The van der Waals surface area contributed by atoms with Gasteiger partial charge in [0, 0.05) is 5.02 Å². The van der Waals surface area contributed by atoms with Crippen molar-refractivity contribution in [2.45, 2.75) is 6.61 Å². The molecule has 0 saturated heterocycles. The molecule has 0 aliphatic heterocycles. The molecular formula is C22H19ClN2O7. The number of esters is 1. The molecule has 2 N–H and O–H groups in total. The minimum Gasteiger partial charge on any atom is -0.496 e. The van der Waals surface area contributed by atoms with Crippen LogP contribution in [0.25, 0.3) is 0 Å². The van der Waals surface area contributed by atoms with Gasteiger partial charge in [-0.3, -0.25) is 0 Å². The Labute approximate surface area is 188 Å². The Morgan fingerprint density at radius 3 is 2.47 bits per heavy atom. The summed E-state index contributed by atoms with van der Waals surface area (Å²) in [5, 5.41) is 4.05. The van der Waals surface area contributed by atoms with Crippen molar-refractivity contribution < 1.29 is 33.1 Å². The number of furan rings is 1. The van der Waals surface area contributed by atoms with Gasteiger partial charge in [0.25, 0.3) is 0 Å². The molecule has 0 radical (unpaired) electrons. The van der Waals surface area contributed by atoms with Crippen LogP contribution in [0.1, 0.15) is 32.2 Å². The molecule has 3 aromatic rings. The number of nitrogens with zero attached hydrogens (tertiary/aromatic N) is 1. The van der Waals surface area contributed by atoms with Crippen LogP contribution in [0.3, 0.4) is 0 Å². The predicted octanol–water partition coefficient (Wildman–Crippen LogP) is 3.78. The number of carbonyl (C=O) groups excluding carboxylic acids is 2. The van der Waals surface area contributed by atoms with Crippen LogP contribution in [0.2, 0.25) is 5.02 Å². The highest BCUT2D eigenvalue weighted by molar-refractivity contribution is 6.31. The highest BCUT2D eigenvalue weighted by atomic mass is 35.5. The molecule has 0 amide bonds. The summed E-state index contributed by atoms with van der Waals surface area (Å²) in [6.45, 7) is 0.0516. The lowest BCUT2D eigenvalue weighted by Crippen LogP contribution is -2.16. The van der Waals surface area contributed by atoms with Crippen LogP contribution in [0.5, 0.6) is 11.5 Å². The second-order valence-electron chi connectivity index (χ2n) is 6.27. The Hall–Kier alpha value is -3.98. The van der Waals surface area contributed by atoms with Gasteiger partial charge in [-0.05, 0) is 54.6 Å². The molecule has 0 aliphatic carbocycles. The fourth-order valence-corrected chi connectivity index (χ4v) is 2.76. The van der Waals surface area contributed by atoms with Crippen molar-refractivity contribution in [3.8, 4) is 11.5 Å². The van der Waals surface area contributed by atoms with E-state index in [1.807, 2.05) is 0 Å². The van der Waals surface area contributed by atoms with Gasteiger partial charge in [-0.15, -0.1) is 0 Å². The second-order valence-corrected chi connectivity index (χ2v) is 6.71. The van der Waals surface area contributed by atoms with Crippen LogP contribution < -0.4 is 15.2 Å². The van der Waals surface area contributed by atoms with Crippen LogP contribution >= 0.6 is 11.6 Å². The maximum Gasteiger partial charge on any atom is 0.400 e. The number of ether oxygens (including phenoxy) is 3. The van der Waals surface area contributed by atoms with Crippen molar-refractivity contribution in [1.82, 2.24) is 0 Å². The van der Waals surface area contributed by atoms with Crippen molar-refractivity contribution in [3.63, 3.8) is 0 Å². The Kier molecular flexibility index (Phi) is 7.35. The standard InChI is InChI=1S/C22H19ClN2O7/c1-28-18-9-5-14(23)11-17(18)20(24)25-32-22(27)19-10-8-16(31-19)12-30-15-6-3-13(4-7-15)21(26)29-2/h3-11H,12H2,1-2H3,(H2,24,25). The molecule has 9 nitrogen and oxygen atoms in total. The van der Waals surface area contributed by atoms with Gasteiger partial charge in [-0.25, -0.2) is 9.59 Å². The number of amidine groups is 1. The average molecular weight is 459 g/mol. The molecule has 0 saturated carbocycles. The number of hydrogen-bond acceptors (Lipinski definition) is 8. The third-order valence-electron chi connectivity index (χ3n) is 4.18. The van der Waals surface area contributed by atoms with E-state index in [4.69, 9.17) is 36.1 Å². The zero-order chi connectivity index (χ0) is 23.1. The molecule has 0 bridgehead atoms. The van der Waals surface area contributed by atoms with Gasteiger partial charge in [-0.2, -0.15) is 0 Å². The maximum atomic E-state index is 12.2. The first-order valence-electron chi connectivity index (χ1n) is 9.20. The van der Waals surface area contributed by atoms with Crippen LogP contribution in [0, 0.1) is 0 Å². The summed E-state index contributed by atoms with van der Waals surface area (Å²) in [5.41, 5.74) is 6.65. The molecule has 0 spiro atoms. The SMILES string of the molecule is COC(=O)c1ccc(OCc2ccc(C(=O)O/N=C(\N)c3cc(Cl)ccc3OC)o2)cc1. The molecule has 2 aromatic carbocycles. The molecule has 0 fully saturated rings. The largest absolute Gasteiger partial charge is 0.496 e. The Morgan fingerprint density at radius 1 is 1.03 bits per heavy atom. The van der Waals surface area contributed by atoms with Gasteiger partial charge in [0.1, 0.15) is 23.9 Å². The fourth-order valence-electron chi connectivity index (χ4n) is 2.59. The molecule has 10 heteroatoms. The number of hydrogen-bond donors (Lipinski definition) is 1. The molecule has 0 unspecified atom stereocenters. The number of methoxy groups -OCH3 is 2. The first-order chi connectivity index (χ1) is 15.4. The molecular weight excluding hydrogens is 440 g/mol. The maximum absolute atomic E-state index is 12.2. The molecule has 3 rings (SSSR count). The summed E-state index contributed by atoms with van der Waals surface area (Å²) >= 11 is 5.96. The zero-order valence-corrected chi connectivity index (χ0v) is 17.9. The van der Waals surface area contributed by atoms with Crippen molar-refractivity contribution in [3.05, 3.63) is 82.3 Å². The van der Waals surface area contributed by atoms with Crippen molar-refractivity contribution in [1.29, 1.82) is 0 Å². The van der Waals surface area contributed by atoms with Gasteiger partial charge in [0.05, 0.1) is 25.3 Å². The number of rotatable bonds is 8. The van der Waals surface area contributed by atoms with E-state index in [2.05, 4.69) is 9.89 Å². The Balaban J connectivity index is 1.59. The normalized spacial score (nSPS) is 11.0. The highest BCUT2D eigenvalue weighted by Crippen LogP contribution is 2.22. The molecule has 1 heterocycles. The van der Waals surface area contributed by atoms with E-state index in [0.29, 0.717) is 33.4 Å². The third-order valence-corrected chi connectivity index (χ3v) is 4.42. The number of oxime groups is 1. The molecule has 0 aliphatic rings. The van der Waals surface area contributed by atoms with Crippen LogP contribution in [-0.2, 0) is 16.2 Å². The first kappa shape index (κ1) is 22.7. The first-order valence-corrected chi connectivity index (χ1v) is 9.57. The number of halogens is 1. The van der Waals surface area contributed by atoms with Crippen molar-refractivity contribution in [2.75, 3.05) is 14.2 Å². The van der Waals surface area contributed by atoms with E-state index >= 15 is 0 Å². The lowest BCUT2D eigenvalue weighted by Gasteiger charge is -2.07. The van der Waals surface area contributed by atoms with Crippen molar-refractivity contribution in [2.24, 2.45) is 10.9 Å². The fraction of sp³-hybridized carbons (Fsp3) is 0.136. The minimum absolute atomic E-state index is 0.0516. The highest BCUT2D eigenvalue weighted by Gasteiger charge is 2.15. The summed E-state index contributed by atoms with van der Waals surface area (Å²) in [7, 11) is 2.77. The van der Waals surface area contributed by atoms with Gasteiger partial charge in [-0.1, -0.05) is 16.8 Å². The van der Waals surface area contributed by atoms with Gasteiger partial charge in [0.15, 0.2) is 5.84 Å². The van der Waals surface area contributed by atoms with Crippen LogP contribution in [-0.4, -0.2) is 32.0 Å². The predicted molar refractivity (Wildman–Crippen MR) is 115 cm³/mol. The number of nitrogens with two attached hydrogens (primary N) is 1. The van der Waals surface area contributed by atoms with E-state index in [0.717, 1.165) is 0 Å². The Morgan fingerprint density at radius 2 is 1.78 bits per heavy atom. The quantitative estimate of drug-likeness (QED) is 0.178. The van der Waals surface area contributed by atoms with E-state index < -0.39 is 11.9 Å². The van der Waals surface area contributed by atoms with E-state index in [1.54, 1.807) is 42.5 Å². The monoisotopic (exact) mass is 458 g/mol. The third kappa shape index (κ3) is 5.58. The van der Waals surface area contributed by atoms with Gasteiger partial charge >= 0.3 is 11.9 Å². The second kappa shape index (κ2) is 10.4. The molecule has 166 valence electrons. The smallest absolute Gasteiger partial charge is 0.400 e. The number of carbonyl (C=O) groups is 2. The van der Waals surface area contributed by atoms with Gasteiger partial charge < -0.3 is 29.2 Å². The summed E-state index contributed by atoms with van der Waals surface area (Å²) in [6, 6.07) is 14.1. The summed E-state index contributed by atoms with van der Waals surface area (Å²) in [6.07, 6.45) is 0. The zero-order valence-electron chi connectivity index (χ0n) is 17.2. The summed E-state index contributed by atoms with van der Waals surface area (Å²) < 4.78 is 20.8. The van der Waals surface area contributed by atoms with E-state index in [-0.39, 0.29) is 18.2 Å². The average Bonchev–Trinajstić information content (AvgIpc) is 3.30. The van der Waals surface area contributed by atoms with Crippen LogP contribution in [0.4, 0.5) is 0 Å². The number of benzene rings is 2. The summed E-state index contributed by atoms with van der Waals surface area (Å²) in [4.78, 5) is 28.5. The summed E-state index contributed by atoms with van der Waals surface area (Å²) in [5.74, 6) is -0.162. The topological polar surface area (TPSA) is 123 Å². The molecule has 1 aromatic heterocycles. The minimum atomic E-state index is -0.845. The lowest BCUT2D eigenvalue weighted by molar-refractivity contribution is 0.0475. The Bertz CT molecular complexity index is 1140. The van der Waals surface area contributed by atoms with E-state index in [9.17, 15) is 9.59 Å². The lowest BCUT2D eigenvalue weighted by atomic mass is 10.2. The van der Waals surface area contributed by atoms with E-state index in [1.165, 1.54) is 26.4 Å². The molecule has 32 heavy (non-hydrogen) atoms. The van der Waals surface area contributed by atoms with Crippen molar-refractivity contribution >= 4 is 29.4 Å².